The second kappa shape index (κ2) is 4.43. The van der Waals surface area contributed by atoms with Crippen LogP contribution in [0.2, 0.25) is 0 Å². The molecule has 0 aliphatic carbocycles. The molecule has 19 heavy (non-hydrogen) atoms. The van der Waals surface area contributed by atoms with Gasteiger partial charge in [0, 0.05) is 10.7 Å². The summed E-state index contributed by atoms with van der Waals surface area (Å²) >= 11 is 9.50. The summed E-state index contributed by atoms with van der Waals surface area (Å²) in [6.45, 7) is 0. The molecule has 4 heterocycles. The largest absolute Gasteiger partial charge is 0.373 e. The van der Waals surface area contributed by atoms with Gasteiger partial charge in [0.15, 0.2) is 5.65 Å². The van der Waals surface area contributed by atoms with Crippen molar-refractivity contribution in [1.29, 1.82) is 0 Å². The van der Waals surface area contributed by atoms with Gasteiger partial charge in [-0.15, -0.1) is 11.6 Å². The summed E-state index contributed by atoms with van der Waals surface area (Å²) < 4.78 is 9.08. The van der Waals surface area contributed by atoms with E-state index in [1.54, 1.807) is 0 Å². The summed E-state index contributed by atoms with van der Waals surface area (Å²) in [5.41, 5.74) is 1.81. The van der Waals surface area contributed by atoms with E-state index in [9.17, 15) is 0 Å². The van der Waals surface area contributed by atoms with E-state index in [0.717, 1.165) is 34.3 Å². The van der Waals surface area contributed by atoms with Crippen molar-refractivity contribution in [2.45, 2.75) is 43.4 Å². The van der Waals surface area contributed by atoms with Gasteiger partial charge in [0.1, 0.15) is 11.3 Å². The number of halogens is 2. The smallest absolute Gasteiger partial charge is 0.160 e. The van der Waals surface area contributed by atoms with Crippen molar-refractivity contribution in [1.82, 2.24) is 14.5 Å². The molecule has 3 atom stereocenters. The molecule has 4 nitrogen and oxygen atoms in total. The number of aromatic nitrogens is 3. The molecule has 0 radical (unpaired) electrons. The van der Waals surface area contributed by atoms with E-state index in [0.29, 0.717) is 24.1 Å². The number of pyridine rings is 1. The Kier molecular flexibility index (Phi) is 2.83. The third-order valence-electron chi connectivity index (χ3n) is 4.09. The molecule has 2 aromatic heterocycles. The van der Waals surface area contributed by atoms with Crippen LogP contribution in [0, 0.1) is 0 Å². The van der Waals surface area contributed by atoms with Crippen molar-refractivity contribution < 1.29 is 4.74 Å². The summed E-state index contributed by atoms with van der Waals surface area (Å²) in [6.07, 6.45) is 5.89. The fourth-order valence-corrected chi connectivity index (χ4v) is 3.84. The Morgan fingerprint density at radius 1 is 1.47 bits per heavy atom. The van der Waals surface area contributed by atoms with Gasteiger partial charge in [-0.25, -0.2) is 9.97 Å². The fourth-order valence-electron chi connectivity index (χ4n) is 3.33. The van der Waals surface area contributed by atoms with Gasteiger partial charge in [0.2, 0.25) is 0 Å². The van der Waals surface area contributed by atoms with Gasteiger partial charge in [-0.2, -0.15) is 0 Å². The molecule has 3 unspecified atom stereocenters. The minimum Gasteiger partial charge on any atom is -0.373 e. The molecular weight excluding hydrogens is 330 g/mol. The van der Waals surface area contributed by atoms with Crippen LogP contribution in [-0.2, 0) is 10.6 Å². The Hall–Kier alpha value is -0.650. The molecular formula is C13H13BrClN3O. The van der Waals surface area contributed by atoms with E-state index in [1.165, 1.54) is 6.42 Å². The molecule has 100 valence electrons. The maximum Gasteiger partial charge on any atom is 0.160 e. The molecule has 2 bridgehead atoms. The number of rotatable bonds is 2. The zero-order chi connectivity index (χ0) is 13.0. The van der Waals surface area contributed by atoms with Crippen molar-refractivity contribution >= 4 is 38.7 Å². The van der Waals surface area contributed by atoms with Gasteiger partial charge >= 0.3 is 0 Å². The summed E-state index contributed by atoms with van der Waals surface area (Å²) in [5.74, 6) is 1.30. The highest BCUT2D eigenvalue weighted by Crippen LogP contribution is 2.43. The number of ether oxygens (including phenoxy) is 1. The molecule has 0 aromatic carbocycles. The molecule has 4 rings (SSSR count). The molecule has 2 aliphatic heterocycles. The Morgan fingerprint density at radius 2 is 2.37 bits per heavy atom. The Labute approximate surface area is 124 Å². The average Bonchev–Trinajstić information content (AvgIpc) is 3.09. The van der Waals surface area contributed by atoms with Crippen LogP contribution in [0.4, 0.5) is 0 Å². The van der Waals surface area contributed by atoms with Crippen LogP contribution in [0.15, 0.2) is 16.7 Å². The Morgan fingerprint density at radius 3 is 3.05 bits per heavy atom. The lowest BCUT2D eigenvalue weighted by atomic mass is 9.95. The molecule has 0 saturated carbocycles. The van der Waals surface area contributed by atoms with Crippen molar-refractivity contribution in [3.63, 3.8) is 0 Å². The molecule has 2 fully saturated rings. The third kappa shape index (κ3) is 1.82. The molecule has 0 spiro atoms. The average molecular weight is 343 g/mol. The van der Waals surface area contributed by atoms with Crippen LogP contribution in [0.5, 0.6) is 0 Å². The van der Waals surface area contributed by atoms with Gasteiger partial charge in [-0.3, -0.25) is 0 Å². The second-order valence-electron chi connectivity index (χ2n) is 5.20. The first-order chi connectivity index (χ1) is 9.26. The van der Waals surface area contributed by atoms with Crippen LogP contribution < -0.4 is 0 Å². The highest BCUT2D eigenvalue weighted by Gasteiger charge is 2.43. The SMILES string of the molecule is ClCc1nc2cc(Br)cnc2n1C1CC2CCC1O2. The van der Waals surface area contributed by atoms with E-state index in [4.69, 9.17) is 16.3 Å². The van der Waals surface area contributed by atoms with Gasteiger partial charge in [-0.1, -0.05) is 0 Å². The fraction of sp³-hybridized carbons (Fsp3) is 0.538. The zero-order valence-electron chi connectivity index (χ0n) is 10.2. The number of nitrogens with zero attached hydrogens (tertiary/aromatic N) is 3. The minimum absolute atomic E-state index is 0.301. The van der Waals surface area contributed by atoms with Crippen molar-refractivity contribution in [2.24, 2.45) is 0 Å². The predicted octanol–water partition coefficient (Wildman–Crippen LogP) is 3.43. The molecule has 0 N–H and O–H groups in total. The van der Waals surface area contributed by atoms with Gasteiger partial charge < -0.3 is 9.30 Å². The molecule has 0 amide bonds. The summed E-state index contributed by atoms with van der Waals surface area (Å²) in [4.78, 5) is 9.12. The normalized spacial score (nSPS) is 29.5. The van der Waals surface area contributed by atoms with Gasteiger partial charge in [0.05, 0.1) is 24.1 Å². The predicted molar refractivity (Wildman–Crippen MR) is 76.3 cm³/mol. The first-order valence-corrected chi connectivity index (χ1v) is 7.83. The first kappa shape index (κ1) is 12.1. The van der Waals surface area contributed by atoms with E-state index in [1.807, 2.05) is 12.3 Å². The van der Waals surface area contributed by atoms with Crippen molar-refractivity contribution in [2.75, 3.05) is 0 Å². The summed E-state index contributed by atoms with van der Waals surface area (Å²) in [5, 5.41) is 0. The Balaban J connectivity index is 1.88. The number of fused-ring (bicyclic) bond motifs is 3. The van der Waals surface area contributed by atoms with Crippen LogP contribution in [-0.4, -0.2) is 26.7 Å². The van der Waals surface area contributed by atoms with E-state index < -0.39 is 0 Å². The topological polar surface area (TPSA) is 39.9 Å². The van der Waals surface area contributed by atoms with Crippen LogP contribution in [0.25, 0.3) is 11.2 Å². The lowest BCUT2D eigenvalue weighted by molar-refractivity contribution is 0.0939. The van der Waals surface area contributed by atoms with Crippen LogP contribution in [0.3, 0.4) is 0 Å². The standard InChI is InChI=1S/C13H13BrClN3O/c14-7-3-9-13(16-6-7)18(12(5-15)17-9)10-4-8-1-2-11(10)19-8/h3,6,8,10-11H,1-2,4-5H2. The molecule has 2 aliphatic rings. The van der Waals surface area contributed by atoms with Crippen LogP contribution in [0.1, 0.15) is 31.1 Å². The quantitative estimate of drug-likeness (QED) is 0.785. The Bertz CT molecular complexity index is 644. The third-order valence-corrected chi connectivity index (χ3v) is 4.77. The minimum atomic E-state index is 0.301. The molecule has 2 aromatic rings. The van der Waals surface area contributed by atoms with Crippen molar-refractivity contribution in [3.05, 3.63) is 22.6 Å². The van der Waals surface area contributed by atoms with Crippen molar-refractivity contribution in [3.8, 4) is 0 Å². The number of alkyl halides is 1. The monoisotopic (exact) mass is 341 g/mol. The summed E-state index contributed by atoms with van der Waals surface area (Å²) in [6, 6.07) is 2.33. The number of hydrogen-bond donors (Lipinski definition) is 0. The van der Waals surface area contributed by atoms with Gasteiger partial charge in [-0.05, 0) is 41.3 Å². The lowest BCUT2D eigenvalue weighted by Crippen LogP contribution is -2.22. The van der Waals surface area contributed by atoms with E-state index in [2.05, 4.69) is 30.5 Å². The molecule has 2 saturated heterocycles. The van der Waals surface area contributed by atoms with Gasteiger partial charge in [0.25, 0.3) is 0 Å². The highest BCUT2D eigenvalue weighted by molar-refractivity contribution is 9.10. The summed E-state index contributed by atoms with van der Waals surface area (Å²) in [7, 11) is 0. The van der Waals surface area contributed by atoms with E-state index >= 15 is 0 Å². The molecule has 6 heteroatoms. The van der Waals surface area contributed by atoms with E-state index in [-0.39, 0.29) is 0 Å². The second-order valence-corrected chi connectivity index (χ2v) is 6.39. The lowest BCUT2D eigenvalue weighted by Gasteiger charge is -2.22. The highest BCUT2D eigenvalue weighted by atomic mass is 79.9. The number of imidazole rings is 1. The number of hydrogen-bond acceptors (Lipinski definition) is 3. The maximum absolute atomic E-state index is 6.06. The zero-order valence-corrected chi connectivity index (χ0v) is 12.6. The van der Waals surface area contributed by atoms with Crippen LogP contribution >= 0.6 is 27.5 Å². The maximum atomic E-state index is 6.06. The first-order valence-electron chi connectivity index (χ1n) is 6.50.